The quantitative estimate of drug-likeness (QED) is 0.454. The van der Waals surface area contributed by atoms with Crippen LogP contribution in [0.4, 0.5) is 0 Å². The molecule has 0 bridgehead atoms. The van der Waals surface area contributed by atoms with Gasteiger partial charge in [-0.3, -0.25) is 4.57 Å². The predicted molar refractivity (Wildman–Crippen MR) is 126 cm³/mol. The van der Waals surface area contributed by atoms with Crippen LogP contribution in [0.15, 0.2) is 60.7 Å². The van der Waals surface area contributed by atoms with E-state index in [0.29, 0.717) is 0 Å². The molecule has 0 radical (unpaired) electrons. The molecule has 0 spiro atoms. The molecule has 9 nitrogen and oxygen atoms in total. The third kappa shape index (κ3) is 5.54. The summed E-state index contributed by atoms with van der Waals surface area (Å²) in [7, 11) is -1.75. The highest BCUT2D eigenvalue weighted by Gasteiger charge is 2.67. The number of fused-ring (bicyclic) bond motifs is 1. The Balaban J connectivity index is 1.61. The minimum absolute atomic E-state index is 0.172. The van der Waals surface area contributed by atoms with Crippen LogP contribution in [0.2, 0.25) is 0 Å². The summed E-state index contributed by atoms with van der Waals surface area (Å²) in [5, 5.41) is 9.69. The first-order valence-corrected chi connectivity index (χ1v) is 13.0. The molecule has 2 saturated heterocycles. The second-order valence-electron chi connectivity index (χ2n) is 9.01. The fraction of sp³-hybridized carbons (Fsp3) is 0.520. The molecule has 0 aliphatic carbocycles. The van der Waals surface area contributed by atoms with E-state index in [-0.39, 0.29) is 13.2 Å². The number of hydrogen-bond donors (Lipinski definition) is 1. The lowest BCUT2D eigenvalue weighted by Crippen LogP contribution is -2.54. The minimum atomic E-state index is -4.16. The van der Waals surface area contributed by atoms with E-state index in [1.807, 2.05) is 60.7 Å². The van der Waals surface area contributed by atoms with E-state index < -0.39 is 49.9 Å². The number of benzene rings is 2. The molecule has 0 saturated carbocycles. The van der Waals surface area contributed by atoms with E-state index in [0.717, 1.165) is 11.1 Å². The van der Waals surface area contributed by atoms with Gasteiger partial charge in [0.2, 0.25) is 5.34 Å². The normalized spacial score (nSPS) is 27.5. The lowest BCUT2D eigenvalue weighted by Gasteiger charge is -2.39. The van der Waals surface area contributed by atoms with E-state index >= 15 is 0 Å². The van der Waals surface area contributed by atoms with Crippen LogP contribution in [0, 0.1) is 0 Å². The molecule has 4 rings (SSSR count). The molecule has 0 unspecified atom stereocenters. The van der Waals surface area contributed by atoms with Crippen LogP contribution in [0.1, 0.15) is 25.0 Å². The molecule has 2 aliphatic rings. The maximum atomic E-state index is 13.7. The van der Waals surface area contributed by atoms with Crippen molar-refractivity contribution in [2.75, 3.05) is 20.8 Å². The van der Waals surface area contributed by atoms with E-state index in [1.165, 1.54) is 14.2 Å². The Morgan fingerprint density at radius 3 is 2.09 bits per heavy atom. The third-order valence-corrected chi connectivity index (χ3v) is 8.41. The molecule has 1 N–H and O–H groups in total. The van der Waals surface area contributed by atoms with Crippen LogP contribution in [-0.2, 0) is 50.5 Å². The first-order valence-electron chi connectivity index (χ1n) is 11.4. The minimum Gasteiger partial charge on any atom is -0.374 e. The average Bonchev–Trinajstić information content (AvgIpc) is 3.35. The Kier molecular flexibility index (Phi) is 8.12. The van der Waals surface area contributed by atoms with Gasteiger partial charge in [0.05, 0.1) is 19.8 Å². The second-order valence-corrected chi connectivity index (χ2v) is 11.5. The maximum absolute atomic E-state index is 13.7. The maximum Gasteiger partial charge on any atom is 0.366 e. The molecule has 0 amide bonds. The van der Waals surface area contributed by atoms with Gasteiger partial charge in [0.15, 0.2) is 12.1 Å². The van der Waals surface area contributed by atoms with Crippen LogP contribution >= 0.6 is 7.60 Å². The van der Waals surface area contributed by atoms with Gasteiger partial charge in [0.1, 0.15) is 18.3 Å². The molecule has 35 heavy (non-hydrogen) atoms. The van der Waals surface area contributed by atoms with Crippen molar-refractivity contribution < 1.29 is 42.4 Å². The van der Waals surface area contributed by atoms with Crippen molar-refractivity contribution in [2.24, 2.45) is 0 Å². The van der Waals surface area contributed by atoms with Crippen LogP contribution < -0.4 is 0 Å². The molecule has 0 aromatic heterocycles. The third-order valence-electron chi connectivity index (χ3n) is 6.11. The number of hydrogen-bond acceptors (Lipinski definition) is 9. The van der Waals surface area contributed by atoms with Gasteiger partial charge in [0, 0.05) is 14.2 Å². The van der Waals surface area contributed by atoms with Crippen molar-refractivity contribution in [3.05, 3.63) is 71.8 Å². The van der Waals surface area contributed by atoms with E-state index in [9.17, 15) is 9.67 Å². The van der Waals surface area contributed by atoms with E-state index in [2.05, 4.69) is 0 Å². The highest BCUT2D eigenvalue weighted by Crippen LogP contribution is 2.62. The smallest absolute Gasteiger partial charge is 0.366 e. The summed E-state index contributed by atoms with van der Waals surface area (Å²) < 4.78 is 54.2. The molecular weight excluding hydrogens is 475 g/mol. The van der Waals surface area contributed by atoms with Gasteiger partial charge in [-0.25, -0.2) is 0 Å². The Hall–Kier alpha value is -1.65. The second kappa shape index (κ2) is 10.8. The molecule has 192 valence electrons. The number of rotatable bonds is 11. The van der Waals surface area contributed by atoms with Crippen LogP contribution in [0.3, 0.4) is 0 Å². The number of aliphatic hydroxyl groups is 1. The largest absolute Gasteiger partial charge is 0.374 e. The van der Waals surface area contributed by atoms with Crippen molar-refractivity contribution >= 4 is 7.60 Å². The van der Waals surface area contributed by atoms with E-state index in [4.69, 9.17) is 32.7 Å². The monoisotopic (exact) mass is 508 g/mol. The summed E-state index contributed by atoms with van der Waals surface area (Å²) in [6.45, 7) is 3.51. The summed E-state index contributed by atoms with van der Waals surface area (Å²) >= 11 is 0. The Labute approximate surface area is 205 Å². The van der Waals surface area contributed by atoms with Crippen LogP contribution in [0.5, 0.6) is 0 Å². The number of ether oxygens (including phenoxy) is 5. The zero-order valence-electron chi connectivity index (χ0n) is 20.4. The Morgan fingerprint density at radius 1 is 0.943 bits per heavy atom. The molecule has 2 fully saturated rings. The highest BCUT2D eigenvalue weighted by atomic mass is 31.2. The van der Waals surface area contributed by atoms with Crippen LogP contribution in [0.25, 0.3) is 0 Å². The zero-order chi connectivity index (χ0) is 25.1. The summed E-state index contributed by atoms with van der Waals surface area (Å²) in [4.78, 5) is 0. The van der Waals surface area contributed by atoms with Gasteiger partial charge in [-0.1, -0.05) is 60.7 Å². The molecule has 2 aromatic rings. The van der Waals surface area contributed by atoms with Gasteiger partial charge in [-0.15, -0.1) is 0 Å². The van der Waals surface area contributed by atoms with E-state index in [1.54, 1.807) is 13.8 Å². The Morgan fingerprint density at radius 2 is 1.51 bits per heavy atom. The van der Waals surface area contributed by atoms with Gasteiger partial charge in [-0.2, -0.15) is 0 Å². The van der Waals surface area contributed by atoms with Gasteiger partial charge >= 0.3 is 7.60 Å². The van der Waals surface area contributed by atoms with Crippen molar-refractivity contribution in [1.82, 2.24) is 0 Å². The van der Waals surface area contributed by atoms with Crippen molar-refractivity contribution in [3.8, 4) is 0 Å². The molecule has 2 aliphatic heterocycles. The van der Waals surface area contributed by atoms with Gasteiger partial charge in [-0.05, 0) is 25.0 Å². The lowest BCUT2D eigenvalue weighted by atomic mass is 10.0. The first-order chi connectivity index (χ1) is 16.7. The average molecular weight is 509 g/mol. The summed E-state index contributed by atoms with van der Waals surface area (Å²) in [6.07, 6.45) is -3.58. The zero-order valence-corrected chi connectivity index (χ0v) is 21.3. The van der Waals surface area contributed by atoms with Crippen molar-refractivity contribution in [2.45, 2.75) is 62.8 Å². The van der Waals surface area contributed by atoms with Gasteiger partial charge < -0.3 is 37.8 Å². The summed E-state index contributed by atoms with van der Waals surface area (Å²) in [6, 6.07) is 19.0. The van der Waals surface area contributed by atoms with Crippen LogP contribution in [-0.4, -0.2) is 61.7 Å². The summed E-state index contributed by atoms with van der Waals surface area (Å²) in [5.41, 5.74) is 1.80. The topological polar surface area (TPSA) is 102 Å². The SMILES string of the molecule is COP(=O)(OC)[C@](O)(COCc1ccccc1)[C@H]1O[C@@H]2OC(C)(C)O[C@H]2[C@H]1OCc1ccccc1. The highest BCUT2D eigenvalue weighted by molar-refractivity contribution is 7.55. The fourth-order valence-corrected chi connectivity index (χ4v) is 5.95. The van der Waals surface area contributed by atoms with Gasteiger partial charge in [0.25, 0.3) is 0 Å². The standard InChI is InChI=1S/C25H33O9P/c1-24(2)33-21-20(31-16-19-13-9-6-10-14-19)22(32-23(21)34-24)25(26,35(27,28-3)29-4)17-30-15-18-11-7-5-8-12-18/h5-14,20-23,26H,15-17H2,1-4H3/t20-,21+,22+,23-,25-/m1/s1. The molecule has 10 heteroatoms. The first kappa shape index (κ1) is 26.4. The molecule has 2 aromatic carbocycles. The molecule has 2 heterocycles. The lowest BCUT2D eigenvalue weighted by molar-refractivity contribution is -0.240. The summed E-state index contributed by atoms with van der Waals surface area (Å²) in [5.74, 6) is -0.914. The molecular formula is C25H33O9P. The van der Waals surface area contributed by atoms with Crippen molar-refractivity contribution in [1.29, 1.82) is 0 Å². The Bertz CT molecular complexity index is 995. The van der Waals surface area contributed by atoms with Crippen molar-refractivity contribution in [3.63, 3.8) is 0 Å². The fourth-order valence-electron chi connectivity index (χ4n) is 4.40. The molecule has 5 atom stereocenters. The predicted octanol–water partition coefficient (Wildman–Crippen LogP) is 3.84.